The Hall–Kier alpha value is -1.40. The molecule has 1 aromatic heterocycles. The second-order valence-corrected chi connectivity index (χ2v) is 5.20. The summed E-state index contributed by atoms with van der Waals surface area (Å²) in [5.74, 6) is -0.0662. The highest BCUT2D eigenvalue weighted by atomic mass is 16.4. The lowest BCUT2D eigenvalue weighted by atomic mass is 9.97. The van der Waals surface area contributed by atoms with Crippen molar-refractivity contribution in [1.29, 1.82) is 0 Å². The molecule has 0 amide bonds. The summed E-state index contributed by atoms with van der Waals surface area (Å²) in [6.45, 7) is 1.56. The molecule has 1 saturated carbocycles. The Morgan fingerprint density at radius 1 is 1.53 bits per heavy atom. The van der Waals surface area contributed by atoms with Gasteiger partial charge in [-0.2, -0.15) is 5.10 Å². The molecule has 0 radical (unpaired) electrons. The maximum Gasteiger partial charge on any atom is 0.339 e. The van der Waals surface area contributed by atoms with Crippen LogP contribution in [-0.2, 0) is 13.6 Å². The molecule has 6 heteroatoms. The molecule has 3 N–H and O–H groups in total. The Kier molecular flexibility index (Phi) is 4.55. The van der Waals surface area contributed by atoms with Gasteiger partial charge in [0, 0.05) is 20.2 Å². The SMILES string of the molecule is Cn1ncc(C(=O)O)c1CNCC1CCCC1CO. The molecule has 2 rings (SSSR count). The smallest absolute Gasteiger partial charge is 0.339 e. The Morgan fingerprint density at radius 3 is 2.95 bits per heavy atom. The molecule has 1 aliphatic rings. The minimum atomic E-state index is -0.945. The fourth-order valence-electron chi connectivity index (χ4n) is 2.85. The number of hydrogen-bond acceptors (Lipinski definition) is 4. The van der Waals surface area contributed by atoms with Gasteiger partial charge in [0.15, 0.2) is 0 Å². The number of aliphatic hydroxyl groups excluding tert-OH is 1. The van der Waals surface area contributed by atoms with E-state index in [1.54, 1.807) is 11.7 Å². The minimum Gasteiger partial charge on any atom is -0.478 e. The molecule has 0 aliphatic heterocycles. The molecule has 0 bridgehead atoms. The van der Waals surface area contributed by atoms with Crippen LogP contribution in [0.5, 0.6) is 0 Å². The van der Waals surface area contributed by atoms with Crippen molar-refractivity contribution in [3.63, 3.8) is 0 Å². The molecule has 2 atom stereocenters. The Bertz CT molecular complexity index is 444. The van der Waals surface area contributed by atoms with Crippen LogP contribution in [0.3, 0.4) is 0 Å². The summed E-state index contributed by atoms with van der Waals surface area (Å²) in [5.41, 5.74) is 0.936. The maximum atomic E-state index is 11.0. The van der Waals surface area contributed by atoms with Gasteiger partial charge in [-0.05, 0) is 31.2 Å². The molecule has 106 valence electrons. The van der Waals surface area contributed by atoms with Gasteiger partial charge in [0.2, 0.25) is 0 Å². The molecular weight excluding hydrogens is 246 g/mol. The van der Waals surface area contributed by atoms with Crippen LogP contribution in [0.4, 0.5) is 0 Å². The van der Waals surface area contributed by atoms with Gasteiger partial charge in [0.1, 0.15) is 5.56 Å². The molecule has 19 heavy (non-hydrogen) atoms. The quantitative estimate of drug-likeness (QED) is 0.703. The van der Waals surface area contributed by atoms with Crippen LogP contribution in [0.15, 0.2) is 6.20 Å². The van der Waals surface area contributed by atoms with Crippen molar-refractivity contribution in [2.75, 3.05) is 13.2 Å². The highest BCUT2D eigenvalue weighted by Gasteiger charge is 2.26. The standard InChI is InChI=1S/C13H21N3O3/c1-16-12(11(6-15-16)13(18)19)7-14-5-9-3-2-4-10(9)8-17/h6,9-10,14,17H,2-5,7-8H2,1H3,(H,18,19). The van der Waals surface area contributed by atoms with Gasteiger partial charge >= 0.3 is 5.97 Å². The first kappa shape index (κ1) is 14.0. The second kappa shape index (κ2) is 6.16. The van der Waals surface area contributed by atoms with Gasteiger partial charge in [-0.1, -0.05) is 6.42 Å². The number of carbonyl (C=O) groups is 1. The van der Waals surface area contributed by atoms with Gasteiger partial charge in [-0.15, -0.1) is 0 Å². The van der Waals surface area contributed by atoms with Crippen molar-refractivity contribution >= 4 is 5.97 Å². The summed E-state index contributed by atoms with van der Waals surface area (Å²) in [7, 11) is 1.75. The Balaban J connectivity index is 1.89. The van der Waals surface area contributed by atoms with Crippen LogP contribution in [0, 0.1) is 11.8 Å². The molecular formula is C13H21N3O3. The maximum absolute atomic E-state index is 11.0. The average Bonchev–Trinajstić information content (AvgIpc) is 2.97. The summed E-state index contributed by atoms with van der Waals surface area (Å²) < 4.78 is 1.59. The van der Waals surface area contributed by atoms with E-state index >= 15 is 0 Å². The second-order valence-electron chi connectivity index (χ2n) is 5.20. The van der Waals surface area contributed by atoms with E-state index in [1.165, 1.54) is 12.6 Å². The van der Waals surface area contributed by atoms with Crippen molar-refractivity contribution in [1.82, 2.24) is 15.1 Å². The number of aromatic nitrogens is 2. The summed E-state index contributed by atoms with van der Waals surface area (Å²) >= 11 is 0. The molecule has 1 fully saturated rings. The summed E-state index contributed by atoms with van der Waals surface area (Å²) in [6.07, 6.45) is 4.78. The van der Waals surface area contributed by atoms with E-state index in [0.717, 1.165) is 19.4 Å². The third-order valence-corrected chi connectivity index (χ3v) is 4.04. The lowest BCUT2D eigenvalue weighted by molar-refractivity contribution is 0.0695. The molecule has 1 aliphatic carbocycles. The van der Waals surface area contributed by atoms with Crippen molar-refractivity contribution in [3.8, 4) is 0 Å². The Morgan fingerprint density at radius 2 is 2.26 bits per heavy atom. The molecule has 6 nitrogen and oxygen atoms in total. The first-order valence-corrected chi connectivity index (χ1v) is 6.69. The zero-order valence-electron chi connectivity index (χ0n) is 11.2. The van der Waals surface area contributed by atoms with Crippen LogP contribution in [0.2, 0.25) is 0 Å². The van der Waals surface area contributed by atoms with E-state index in [4.69, 9.17) is 5.11 Å². The van der Waals surface area contributed by atoms with E-state index in [9.17, 15) is 9.90 Å². The zero-order valence-corrected chi connectivity index (χ0v) is 11.2. The van der Waals surface area contributed by atoms with Crippen molar-refractivity contribution in [2.24, 2.45) is 18.9 Å². The summed E-state index contributed by atoms with van der Waals surface area (Å²) in [5, 5.41) is 25.6. The number of aryl methyl sites for hydroxylation is 1. The molecule has 0 spiro atoms. The van der Waals surface area contributed by atoms with Crippen LogP contribution < -0.4 is 5.32 Å². The first-order valence-electron chi connectivity index (χ1n) is 6.69. The number of hydrogen-bond donors (Lipinski definition) is 3. The predicted octanol–water partition coefficient (Wildman–Crippen LogP) is 0.616. The molecule has 0 saturated heterocycles. The number of aliphatic hydroxyl groups is 1. The fraction of sp³-hybridized carbons (Fsp3) is 0.692. The minimum absolute atomic E-state index is 0.248. The number of carboxylic acids is 1. The third kappa shape index (κ3) is 3.13. The predicted molar refractivity (Wildman–Crippen MR) is 69.8 cm³/mol. The molecule has 2 unspecified atom stereocenters. The molecule has 0 aromatic carbocycles. The average molecular weight is 267 g/mol. The molecule has 1 heterocycles. The lowest BCUT2D eigenvalue weighted by Gasteiger charge is -2.18. The van der Waals surface area contributed by atoms with Crippen LogP contribution >= 0.6 is 0 Å². The third-order valence-electron chi connectivity index (χ3n) is 4.04. The number of aromatic carboxylic acids is 1. The summed E-state index contributed by atoms with van der Waals surface area (Å²) in [4.78, 5) is 11.0. The van der Waals surface area contributed by atoms with Crippen LogP contribution in [0.1, 0.15) is 35.3 Å². The van der Waals surface area contributed by atoms with Crippen molar-refractivity contribution < 1.29 is 15.0 Å². The zero-order chi connectivity index (χ0) is 13.8. The van der Waals surface area contributed by atoms with Crippen molar-refractivity contribution in [2.45, 2.75) is 25.8 Å². The van der Waals surface area contributed by atoms with E-state index in [-0.39, 0.29) is 12.2 Å². The largest absolute Gasteiger partial charge is 0.478 e. The van der Waals surface area contributed by atoms with Crippen LogP contribution in [-0.4, -0.2) is 39.1 Å². The highest BCUT2D eigenvalue weighted by Crippen LogP contribution is 2.30. The fourth-order valence-corrected chi connectivity index (χ4v) is 2.85. The van der Waals surface area contributed by atoms with Gasteiger partial charge in [-0.3, -0.25) is 4.68 Å². The van der Waals surface area contributed by atoms with Gasteiger partial charge in [0.25, 0.3) is 0 Å². The number of nitrogens with zero attached hydrogens (tertiary/aromatic N) is 2. The molecule has 1 aromatic rings. The Labute approximate surface area is 112 Å². The van der Waals surface area contributed by atoms with E-state index in [1.807, 2.05) is 0 Å². The van der Waals surface area contributed by atoms with E-state index in [0.29, 0.717) is 24.1 Å². The summed E-state index contributed by atoms with van der Waals surface area (Å²) in [6, 6.07) is 0. The topological polar surface area (TPSA) is 87.4 Å². The van der Waals surface area contributed by atoms with E-state index < -0.39 is 5.97 Å². The first-order chi connectivity index (χ1) is 9.13. The lowest BCUT2D eigenvalue weighted by Crippen LogP contribution is -2.27. The number of nitrogens with one attached hydrogen (secondary N) is 1. The van der Waals surface area contributed by atoms with E-state index in [2.05, 4.69) is 10.4 Å². The monoisotopic (exact) mass is 267 g/mol. The van der Waals surface area contributed by atoms with Crippen molar-refractivity contribution in [3.05, 3.63) is 17.5 Å². The van der Waals surface area contributed by atoms with Gasteiger partial charge in [-0.25, -0.2) is 4.79 Å². The number of carboxylic acid groups (broad SMARTS) is 1. The van der Waals surface area contributed by atoms with Gasteiger partial charge in [0.05, 0.1) is 11.9 Å². The number of rotatable bonds is 6. The normalized spacial score (nSPS) is 22.8. The highest BCUT2D eigenvalue weighted by molar-refractivity contribution is 5.88. The van der Waals surface area contributed by atoms with Gasteiger partial charge < -0.3 is 15.5 Å². The van der Waals surface area contributed by atoms with Crippen LogP contribution in [0.25, 0.3) is 0 Å².